The molecule has 0 saturated heterocycles. The molecule has 5 nitrogen and oxygen atoms in total. The first-order valence-corrected chi connectivity index (χ1v) is 7.83. The van der Waals surface area contributed by atoms with E-state index in [2.05, 4.69) is 10.3 Å². The standard InChI is InChI=1S/C18H22FN3O2.HI/c1-3-23-15-8-9-17(24-4-2)16(11-15)22-18(20)21-12-13-6-5-7-14(19)10-13;/h5-11H,3-4,12H2,1-2H3,(H3,20,21,22);1H. The van der Waals surface area contributed by atoms with Crippen LogP contribution in [0.4, 0.5) is 10.1 Å². The highest BCUT2D eigenvalue weighted by molar-refractivity contribution is 14.0. The summed E-state index contributed by atoms with van der Waals surface area (Å²) >= 11 is 0. The van der Waals surface area contributed by atoms with Gasteiger partial charge in [0.25, 0.3) is 0 Å². The molecular formula is C18H23FIN3O2. The highest BCUT2D eigenvalue weighted by Crippen LogP contribution is 2.29. The lowest BCUT2D eigenvalue weighted by molar-refractivity contribution is 0.332. The number of nitrogens with two attached hydrogens (primary N) is 1. The summed E-state index contributed by atoms with van der Waals surface area (Å²) in [5, 5.41) is 3.01. The summed E-state index contributed by atoms with van der Waals surface area (Å²) in [7, 11) is 0. The van der Waals surface area contributed by atoms with Crippen LogP contribution in [0.3, 0.4) is 0 Å². The van der Waals surface area contributed by atoms with E-state index in [1.807, 2.05) is 26.0 Å². The molecule has 0 saturated carbocycles. The zero-order valence-electron chi connectivity index (χ0n) is 14.3. The van der Waals surface area contributed by atoms with Crippen LogP contribution in [0.5, 0.6) is 11.5 Å². The summed E-state index contributed by atoms with van der Waals surface area (Å²) < 4.78 is 24.2. The van der Waals surface area contributed by atoms with Crippen molar-refractivity contribution in [2.24, 2.45) is 10.7 Å². The number of hydrogen-bond acceptors (Lipinski definition) is 3. The van der Waals surface area contributed by atoms with Gasteiger partial charge in [-0.2, -0.15) is 0 Å². The Morgan fingerprint density at radius 2 is 1.88 bits per heavy atom. The molecule has 2 aromatic rings. The van der Waals surface area contributed by atoms with Gasteiger partial charge in [-0.1, -0.05) is 12.1 Å². The lowest BCUT2D eigenvalue weighted by Gasteiger charge is -2.14. The Labute approximate surface area is 164 Å². The number of rotatable bonds is 7. The summed E-state index contributed by atoms with van der Waals surface area (Å²) in [6.45, 7) is 5.20. The van der Waals surface area contributed by atoms with Crippen LogP contribution in [0.25, 0.3) is 0 Å². The van der Waals surface area contributed by atoms with Gasteiger partial charge in [-0.15, -0.1) is 24.0 Å². The molecule has 0 bridgehead atoms. The van der Waals surface area contributed by atoms with E-state index in [1.165, 1.54) is 12.1 Å². The number of aliphatic imine (C=N–C) groups is 1. The molecule has 7 heteroatoms. The normalized spacial score (nSPS) is 10.8. The van der Waals surface area contributed by atoms with Gasteiger partial charge in [0.2, 0.25) is 0 Å². The smallest absolute Gasteiger partial charge is 0.193 e. The van der Waals surface area contributed by atoms with Crippen molar-refractivity contribution in [2.75, 3.05) is 18.5 Å². The number of benzene rings is 2. The van der Waals surface area contributed by atoms with Gasteiger partial charge in [-0.25, -0.2) is 9.38 Å². The highest BCUT2D eigenvalue weighted by Gasteiger charge is 2.07. The van der Waals surface area contributed by atoms with Gasteiger partial charge in [0.1, 0.15) is 17.3 Å². The second-order valence-corrected chi connectivity index (χ2v) is 4.98. The third kappa shape index (κ3) is 6.77. The predicted octanol–water partition coefficient (Wildman–Crippen LogP) is 4.17. The van der Waals surface area contributed by atoms with Gasteiger partial charge in [0.05, 0.1) is 25.4 Å². The number of anilines is 1. The lowest BCUT2D eigenvalue weighted by atomic mass is 10.2. The topological polar surface area (TPSA) is 68.9 Å². The van der Waals surface area contributed by atoms with E-state index >= 15 is 0 Å². The van der Waals surface area contributed by atoms with Crippen LogP contribution < -0.4 is 20.5 Å². The Morgan fingerprint density at radius 3 is 2.56 bits per heavy atom. The van der Waals surface area contributed by atoms with E-state index in [4.69, 9.17) is 15.2 Å². The van der Waals surface area contributed by atoms with E-state index in [0.29, 0.717) is 30.4 Å². The molecule has 2 rings (SSSR count). The molecule has 0 atom stereocenters. The fourth-order valence-electron chi connectivity index (χ4n) is 2.13. The third-order valence-electron chi connectivity index (χ3n) is 3.15. The van der Waals surface area contributed by atoms with Gasteiger partial charge < -0.3 is 20.5 Å². The minimum atomic E-state index is -0.294. The Morgan fingerprint density at radius 1 is 1.12 bits per heavy atom. The second kappa shape index (κ2) is 10.8. The van der Waals surface area contributed by atoms with E-state index < -0.39 is 0 Å². The van der Waals surface area contributed by atoms with Gasteiger partial charge in [-0.3, -0.25) is 0 Å². The maximum atomic E-state index is 13.2. The van der Waals surface area contributed by atoms with Crippen molar-refractivity contribution in [3.8, 4) is 11.5 Å². The molecule has 0 radical (unpaired) electrons. The van der Waals surface area contributed by atoms with Crippen molar-refractivity contribution in [1.82, 2.24) is 0 Å². The number of nitrogens with zero attached hydrogens (tertiary/aromatic N) is 1. The molecule has 25 heavy (non-hydrogen) atoms. The van der Waals surface area contributed by atoms with Gasteiger partial charge in [0, 0.05) is 6.07 Å². The first-order chi connectivity index (χ1) is 11.6. The van der Waals surface area contributed by atoms with Crippen molar-refractivity contribution < 1.29 is 13.9 Å². The van der Waals surface area contributed by atoms with Crippen LogP contribution in [-0.4, -0.2) is 19.2 Å². The molecule has 0 fully saturated rings. The van der Waals surface area contributed by atoms with Crippen molar-refractivity contribution in [1.29, 1.82) is 0 Å². The fourth-order valence-corrected chi connectivity index (χ4v) is 2.13. The maximum Gasteiger partial charge on any atom is 0.193 e. The molecule has 3 N–H and O–H groups in total. The lowest BCUT2D eigenvalue weighted by Crippen LogP contribution is -2.23. The van der Waals surface area contributed by atoms with Crippen molar-refractivity contribution in [3.05, 3.63) is 53.8 Å². The van der Waals surface area contributed by atoms with Crippen LogP contribution in [0, 0.1) is 5.82 Å². The first-order valence-electron chi connectivity index (χ1n) is 7.83. The van der Waals surface area contributed by atoms with Crippen LogP contribution >= 0.6 is 24.0 Å². The minimum Gasteiger partial charge on any atom is -0.494 e. The number of halogens is 2. The number of hydrogen-bond donors (Lipinski definition) is 2. The van der Waals surface area contributed by atoms with Gasteiger partial charge in [-0.05, 0) is 43.7 Å². The second-order valence-electron chi connectivity index (χ2n) is 4.98. The van der Waals surface area contributed by atoms with Crippen LogP contribution in [0.1, 0.15) is 19.4 Å². The van der Waals surface area contributed by atoms with E-state index in [0.717, 1.165) is 5.56 Å². The third-order valence-corrected chi connectivity index (χ3v) is 3.15. The Bertz CT molecular complexity index is 710. The molecule has 0 spiro atoms. The molecule has 2 aromatic carbocycles. The summed E-state index contributed by atoms with van der Waals surface area (Å²) in [5.74, 6) is 1.29. The molecule has 0 amide bonds. The monoisotopic (exact) mass is 459 g/mol. The van der Waals surface area contributed by atoms with Crippen LogP contribution in [-0.2, 0) is 6.54 Å². The molecular weight excluding hydrogens is 436 g/mol. The van der Waals surface area contributed by atoms with E-state index in [9.17, 15) is 4.39 Å². The van der Waals surface area contributed by atoms with Crippen molar-refractivity contribution in [2.45, 2.75) is 20.4 Å². The van der Waals surface area contributed by atoms with Crippen LogP contribution in [0.15, 0.2) is 47.5 Å². The molecule has 0 unspecified atom stereocenters. The Kier molecular flexibility index (Phi) is 9.04. The van der Waals surface area contributed by atoms with Gasteiger partial charge in [0.15, 0.2) is 5.96 Å². The average molecular weight is 459 g/mol. The molecule has 0 aliphatic heterocycles. The van der Waals surface area contributed by atoms with Crippen molar-refractivity contribution in [3.63, 3.8) is 0 Å². The number of nitrogens with one attached hydrogen (secondary N) is 1. The quantitative estimate of drug-likeness (QED) is 0.371. The Hall–Kier alpha value is -2.03. The van der Waals surface area contributed by atoms with E-state index in [-0.39, 0.29) is 42.3 Å². The zero-order valence-corrected chi connectivity index (χ0v) is 16.6. The fraction of sp³-hybridized carbons (Fsp3) is 0.278. The van der Waals surface area contributed by atoms with E-state index in [1.54, 1.807) is 18.2 Å². The zero-order chi connectivity index (χ0) is 17.4. The molecule has 0 aliphatic rings. The Balaban J connectivity index is 0.00000312. The number of ether oxygens (including phenoxy) is 2. The molecule has 0 aromatic heterocycles. The maximum absolute atomic E-state index is 13.2. The summed E-state index contributed by atoms with van der Waals surface area (Å²) in [5.41, 5.74) is 7.34. The largest absolute Gasteiger partial charge is 0.494 e. The average Bonchev–Trinajstić information content (AvgIpc) is 2.56. The summed E-state index contributed by atoms with van der Waals surface area (Å²) in [4.78, 5) is 4.23. The number of guanidine groups is 1. The van der Waals surface area contributed by atoms with Crippen LogP contribution in [0.2, 0.25) is 0 Å². The minimum absolute atomic E-state index is 0. The molecule has 0 aliphatic carbocycles. The SMILES string of the molecule is CCOc1ccc(OCC)c(NC(N)=NCc2cccc(F)c2)c1.I. The predicted molar refractivity (Wildman–Crippen MR) is 110 cm³/mol. The molecule has 136 valence electrons. The molecule has 0 heterocycles. The first kappa shape index (κ1) is 21.0. The summed E-state index contributed by atoms with van der Waals surface area (Å²) in [6.07, 6.45) is 0. The highest BCUT2D eigenvalue weighted by atomic mass is 127. The van der Waals surface area contributed by atoms with Gasteiger partial charge >= 0.3 is 0 Å². The summed E-state index contributed by atoms with van der Waals surface area (Å²) in [6, 6.07) is 11.7. The van der Waals surface area contributed by atoms with Crippen molar-refractivity contribution >= 4 is 35.6 Å².